The molecule has 30 heavy (non-hydrogen) atoms. The average molecular weight is 445 g/mol. The third kappa shape index (κ3) is 4.79. The van der Waals surface area contributed by atoms with E-state index in [0.717, 1.165) is 52.8 Å². The van der Waals surface area contributed by atoms with Gasteiger partial charge < -0.3 is 15.0 Å². The summed E-state index contributed by atoms with van der Waals surface area (Å²) in [4.78, 5) is 24.2. The number of aryl methyl sites for hydroxylation is 1. The molecule has 1 aliphatic heterocycles. The van der Waals surface area contributed by atoms with Gasteiger partial charge in [-0.25, -0.2) is 9.97 Å². The second-order valence-electron chi connectivity index (χ2n) is 6.86. The minimum absolute atomic E-state index is 0. The van der Waals surface area contributed by atoms with Crippen LogP contribution in [0.25, 0.3) is 11.0 Å². The monoisotopic (exact) mass is 444 g/mol. The Labute approximate surface area is 186 Å². The highest BCUT2D eigenvalue weighted by Crippen LogP contribution is 2.30. The van der Waals surface area contributed by atoms with E-state index in [0.29, 0.717) is 17.8 Å². The number of hydrogen-bond donors (Lipinski definition) is 1. The van der Waals surface area contributed by atoms with Crippen molar-refractivity contribution in [1.29, 1.82) is 0 Å². The summed E-state index contributed by atoms with van der Waals surface area (Å²) < 4.78 is 5.53. The number of nitrogens with zero attached hydrogens (tertiary/aromatic N) is 3. The molecule has 6 nitrogen and oxygen atoms in total. The number of ether oxygens (including phenoxy) is 1. The molecule has 0 saturated carbocycles. The molecule has 1 fully saturated rings. The summed E-state index contributed by atoms with van der Waals surface area (Å²) in [6, 6.07) is 11.7. The number of benzene rings is 1. The molecule has 1 aromatic carbocycles. The van der Waals surface area contributed by atoms with Gasteiger partial charge in [0.05, 0.1) is 17.9 Å². The van der Waals surface area contributed by atoms with Crippen LogP contribution in [0, 0.1) is 6.92 Å². The van der Waals surface area contributed by atoms with Gasteiger partial charge in [-0.15, -0.1) is 12.4 Å². The number of aromatic nitrogens is 2. The Bertz CT molecular complexity index is 1020. The number of thioether (sulfide) groups is 1. The SMILES string of the molecule is CCOc1ccc(Nc2c(C(=O)N3CCSCC3)cnc3nc(C)ccc23)cc1.Cl. The molecule has 3 heterocycles. The molecule has 0 spiro atoms. The number of nitrogens with one attached hydrogen (secondary N) is 1. The zero-order valence-corrected chi connectivity index (χ0v) is 18.7. The van der Waals surface area contributed by atoms with Crippen LogP contribution in [0.3, 0.4) is 0 Å². The van der Waals surface area contributed by atoms with E-state index >= 15 is 0 Å². The molecular formula is C22H25ClN4O2S. The number of halogens is 1. The van der Waals surface area contributed by atoms with Gasteiger partial charge in [0.15, 0.2) is 5.65 Å². The second kappa shape index (κ2) is 10.00. The Hall–Kier alpha value is -2.51. The minimum atomic E-state index is 0. The maximum absolute atomic E-state index is 13.3. The number of anilines is 2. The lowest BCUT2D eigenvalue weighted by atomic mass is 10.1. The number of carbonyl (C=O) groups excluding carboxylic acids is 1. The highest BCUT2D eigenvalue weighted by molar-refractivity contribution is 7.99. The van der Waals surface area contributed by atoms with Gasteiger partial charge >= 0.3 is 0 Å². The topological polar surface area (TPSA) is 67.3 Å². The summed E-state index contributed by atoms with van der Waals surface area (Å²) in [5.74, 6) is 2.76. The van der Waals surface area contributed by atoms with Crippen LogP contribution in [-0.2, 0) is 0 Å². The van der Waals surface area contributed by atoms with Crippen molar-refractivity contribution >= 4 is 52.5 Å². The lowest BCUT2D eigenvalue weighted by Gasteiger charge is -2.27. The van der Waals surface area contributed by atoms with E-state index < -0.39 is 0 Å². The normalized spacial score (nSPS) is 13.6. The maximum atomic E-state index is 13.3. The van der Waals surface area contributed by atoms with Crippen molar-refractivity contribution in [2.45, 2.75) is 13.8 Å². The van der Waals surface area contributed by atoms with Gasteiger partial charge in [-0.3, -0.25) is 4.79 Å². The molecule has 0 aliphatic carbocycles. The van der Waals surface area contributed by atoms with Crippen LogP contribution in [-0.4, -0.2) is 52.0 Å². The molecular weight excluding hydrogens is 420 g/mol. The van der Waals surface area contributed by atoms with Crippen LogP contribution in [0.4, 0.5) is 11.4 Å². The molecule has 0 radical (unpaired) electrons. The third-order valence-electron chi connectivity index (χ3n) is 4.83. The van der Waals surface area contributed by atoms with Crippen molar-refractivity contribution in [3.8, 4) is 5.75 Å². The summed E-state index contributed by atoms with van der Waals surface area (Å²) in [6.07, 6.45) is 1.65. The summed E-state index contributed by atoms with van der Waals surface area (Å²) in [6.45, 7) is 6.04. The summed E-state index contributed by atoms with van der Waals surface area (Å²) >= 11 is 1.88. The zero-order chi connectivity index (χ0) is 20.2. The standard InChI is InChI=1S/C22H24N4O2S.ClH/c1-3-28-17-7-5-16(6-8-17)25-20-18-9-4-15(2)24-21(18)23-14-19(20)22(27)26-10-12-29-13-11-26;/h4-9,14H,3,10-13H2,1-2H3,(H,23,24,25);1H. The predicted molar refractivity (Wildman–Crippen MR) is 126 cm³/mol. The fraction of sp³-hybridized carbons (Fsp3) is 0.318. The van der Waals surface area contributed by atoms with Gasteiger partial charge in [0, 0.05) is 47.6 Å². The van der Waals surface area contributed by atoms with Gasteiger partial charge in [0.25, 0.3) is 5.91 Å². The Kier molecular flexibility index (Phi) is 7.39. The Balaban J connectivity index is 0.00000256. The molecule has 0 bridgehead atoms. The summed E-state index contributed by atoms with van der Waals surface area (Å²) in [5, 5.41) is 4.27. The van der Waals surface area contributed by atoms with Gasteiger partial charge in [-0.2, -0.15) is 11.8 Å². The molecule has 0 atom stereocenters. The van der Waals surface area contributed by atoms with Crippen molar-refractivity contribution in [3.05, 3.63) is 53.9 Å². The highest BCUT2D eigenvalue weighted by atomic mass is 35.5. The van der Waals surface area contributed by atoms with Gasteiger partial charge in [0.2, 0.25) is 0 Å². The number of amides is 1. The molecule has 1 N–H and O–H groups in total. The number of rotatable bonds is 5. The maximum Gasteiger partial charge on any atom is 0.257 e. The molecule has 4 rings (SSSR count). The van der Waals surface area contributed by atoms with E-state index in [-0.39, 0.29) is 18.3 Å². The zero-order valence-electron chi connectivity index (χ0n) is 17.1. The van der Waals surface area contributed by atoms with Gasteiger partial charge in [0.1, 0.15) is 5.75 Å². The Morgan fingerprint density at radius 3 is 2.60 bits per heavy atom. The van der Waals surface area contributed by atoms with Crippen LogP contribution in [0.15, 0.2) is 42.6 Å². The third-order valence-corrected chi connectivity index (χ3v) is 5.77. The molecule has 8 heteroatoms. The van der Waals surface area contributed by atoms with E-state index in [2.05, 4.69) is 15.3 Å². The number of carbonyl (C=O) groups is 1. The smallest absolute Gasteiger partial charge is 0.257 e. The molecule has 0 unspecified atom stereocenters. The van der Waals surface area contributed by atoms with Gasteiger partial charge in [-0.1, -0.05) is 0 Å². The minimum Gasteiger partial charge on any atom is -0.494 e. The molecule has 2 aromatic heterocycles. The van der Waals surface area contributed by atoms with E-state index in [4.69, 9.17) is 4.74 Å². The quantitative estimate of drug-likeness (QED) is 0.615. The molecule has 1 saturated heterocycles. The second-order valence-corrected chi connectivity index (χ2v) is 8.08. The van der Waals surface area contributed by atoms with E-state index in [1.54, 1.807) is 6.20 Å². The fourth-order valence-electron chi connectivity index (χ4n) is 3.35. The van der Waals surface area contributed by atoms with E-state index in [1.165, 1.54) is 0 Å². The first kappa shape index (κ1) is 22.2. The largest absolute Gasteiger partial charge is 0.494 e. The number of hydrogen-bond acceptors (Lipinski definition) is 6. The number of fused-ring (bicyclic) bond motifs is 1. The van der Waals surface area contributed by atoms with Gasteiger partial charge in [-0.05, 0) is 50.2 Å². The van der Waals surface area contributed by atoms with E-state index in [1.807, 2.05) is 66.9 Å². The lowest BCUT2D eigenvalue weighted by Crippen LogP contribution is -2.38. The van der Waals surface area contributed by atoms with E-state index in [9.17, 15) is 4.79 Å². The van der Waals surface area contributed by atoms with Crippen LogP contribution in [0.2, 0.25) is 0 Å². The fourth-order valence-corrected chi connectivity index (χ4v) is 4.25. The van der Waals surface area contributed by atoms with Crippen LogP contribution in [0.5, 0.6) is 5.75 Å². The molecule has 3 aromatic rings. The summed E-state index contributed by atoms with van der Waals surface area (Å²) in [7, 11) is 0. The van der Waals surface area contributed by atoms with Crippen molar-refractivity contribution < 1.29 is 9.53 Å². The Morgan fingerprint density at radius 1 is 1.17 bits per heavy atom. The number of pyridine rings is 2. The van der Waals surface area contributed by atoms with Crippen molar-refractivity contribution in [3.63, 3.8) is 0 Å². The van der Waals surface area contributed by atoms with Crippen molar-refractivity contribution in [2.75, 3.05) is 36.5 Å². The van der Waals surface area contributed by atoms with Crippen LogP contribution >= 0.6 is 24.2 Å². The predicted octanol–water partition coefficient (Wildman–Crippen LogP) is 4.69. The van der Waals surface area contributed by atoms with Crippen LogP contribution in [0.1, 0.15) is 23.0 Å². The first-order valence-corrected chi connectivity index (χ1v) is 10.9. The lowest BCUT2D eigenvalue weighted by molar-refractivity contribution is 0.0773. The van der Waals surface area contributed by atoms with Crippen molar-refractivity contribution in [1.82, 2.24) is 14.9 Å². The first-order chi connectivity index (χ1) is 14.2. The van der Waals surface area contributed by atoms with Crippen molar-refractivity contribution in [2.24, 2.45) is 0 Å². The highest BCUT2D eigenvalue weighted by Gasteiger charge is 2.23. The molecule has 1 amide bonds. The molecule has 1 aliphatic rings. The summed E-state index contributed by atoms with van der Waals surface area (Å²) in [5.41, 5.74) is 3.72. The molecule has 158 valence electrons. The average Bonchev–Trinajstić information content (AvgIpc) is 2.75. The first-order valence-electron chi connectivity index (χ1n) is 9.79. The Morgan fingerprint density at radius 2 is 1.90 bits per heavy atom. The van der Waals surface area contributed by atoms with Crippen LogP contribution < -0.4 is 10.1 Å².